The summed E-state index contributed by atoms with van der Waals surface area (Å²) < 4.78 is 0. The van der Waals surface area contributed by atoms with Crippen LogP contribution in [0, 0.1) is 0 Å². The molecule has 0 atom stereocenters. The van der Waals surface area contributed by atoms with Crippen molar-refractivity contribution >= 4 is 0 Å². The fourth-order valence-corrected chi connectivity index (χ4v) is 2.02. The molecule has 0 unspecified atom stereocenters. The van der Waals surface area contributed by atoms with Crippen LogP contribution in [0.15, 0.2) is 24.3 Å². The molecule has 1 fully saturated rings. The van der Waals surface area contributed by atoms with E-state index in [1.165, 1.54) is 11.1 Å². The van der Waals surface area contributed by atoms with Gasteiger partial charge < -0.3 is 10.8 Å². The summed E-state index contributed by atoms with van der Waals surface area (Å²) >= 11 is 0. The SMILES string of the molecule is CC(C)(O)Cc1ccc(CC2(N)CC2)cc1. The van der Waals surface area contributed by atoms with E-state index in [-0.39, 0.29) is 5.54 Å². The fraction of sp³-hybridized carbons (Fsp3) is 0.571. The minimum atomic E-state index is -0.632. The van der Waals surface area contributed by atoms with Gasteiger partial charge in [0.1, 0.15) is 0 Å². The molecule has 0 aromatic heterocycles. The molecule has 0 bridgehead atoms. The van der Waals surface area contributed by atoms with Crippen LogP contribution in [0.2, 0.25) is 0 Å². The van der Waals surface area contributed by atoms with Crippen molar-refractivity contribution in [1.29, 1.82) is 0 Å². The average molecular weight is 219 g/mol. The molecule has 1 aromatic carbocycles. The molecular weight excluding hydrogens is 198 g/mol. The van der Waals surface area contributed by atoms with Gasteiger partial charge in [0.05, 0.1) is 5.60 Å². The van der Waals surface area contributed by atoms with Gasteiger partial charge in [0.15, 0.2) is 0 Å². The number of aliphatic hydroxyl groups is 1. The first-order valence-corrected chi connectivity index (χ1v) is 5.95. The molecule has 2 nitrogen and oxygen atoms in total. The molecule has 2 heteroatoms. The summed E-state index contributed by atoms with van der Waals surface area (Å²) in [5.41, 5.74) is 8.01. The lowest BCUT2D eigenvalue weighted by molar-refractivity contribution is 0.0810. The summed E-state index contributed by atoms with van der Waals surface area (Å²) in [5, 5.41) is 9.72. The van der Waals surface area contributed by atoms with Gasteiger partial charge in [0.25, 0.3) is 0 Å². The first-order valence-electron chi connectivity index (χ1n) is 5.95. The second kappa shape index (κ2) is 3.86. The molecule has 1 aliphatic rings. The highest BCUT2D eigenvalue weighted by Crippen LogP contribution is 2.35. The van der Waals surface area contributed by atoms with Crippen LogP contribution in [0.25, 0.3) is 0 Å². The number of hydrogen-bond donors (Lipinski definition) is 2. The van der Waals surface area contributed by atoms with Gasteiger partial charge in [0, 0.05) is 12.0 Å². The molecule has 3 N–H and O–H groups in total. The average Bonchev–Trinajstić information content (AvgIpc) is 2.85. The second-order valence-electron chi connectivity index (χ2n) is 5.84. The Balaban J connectivity index is 1.99. The van der Waals surface area contributed by atoms with Gasteiger partial charge >= 0.3 is 0 Å². The third-order valence-electron chi connectivity index (χ3n) is 3.11. The van der Waals surface area contributed by atoms with E-state index >= 15 is 0 Å². The summed E-state index contributed by atoms with van der Waals surface area (Å²) in [6, 6.07) is 8.46. The van der Waals surface area contributed by atoms with E-state index in [0.29, 0.717) is 6.42 Å². The summed E-state index contributed by atoms with van der Waals surface area (Å²) in [4.78, 5) is 0. The Morgan fingerprint density at radius 2 is 1.69 bits per heavy atom. The minimum absolute atomic E-state index is 0.0811. The number of benzene rings is 1. The van der Waals surface area contributed by atoms with Gasteiger partial charge in [-0.05, 0) is 44.2 Å². The maximum atomic E-state index is 9.72. The van der Waals surface area contributed by atoms with Crippen LogP contribution in [0.4, 0.5) is 0 Å². The Bertz CT molecular complexity index is 331. The Labute approximate surface area is 97.5 Å². The van der Waals surface area contributed by atoms with Crippen molar-refractivity contribution in [2.45, 2.75) is 50.7 Å². The third kappa shape index (κ3) is 3.32. The molecule has 0 amide bonds. The molecule has 0 radical (unpaired) electrons. The van der Waals surface area contributed by atoms with Gasteiger partial charge in [0.2, 0.25) is 0 Å². The quantitative estimate of drug-likeness (QED) is 0.814. The molecule has 0 heterocycles. The summed E-state index contributed by atoms with van der Waals surface area (Å²) in [7, 11) is 0. The van der Waals surface area contributed by atoms with Crippen LogP contribution in [0.1, 0.15) is 37.8 Å². The molecule has 88 valence electrons. The second-order valence-corrected chi connectivity index (χ2v) is 5.84. The first kappa shape index (κ1) is 11.6. The van der Waals surface area contributed by atoms with Crippen molar-refractivity contribution in [3.63, 3.8) is 0 Å². The van der Waals surface area contributed by atoms with Crippen molar-refractivity contribution < 1.29 is 5.11 Å². The van der Waals surface area contributed by atoms with Crippen LogP contribution in [-0.2, 0) is 12.8 Å². The lowest BCUT2D eigenvalue weighted by atomic mass is 9.96. The van der Waals surface area contributed by atoms with E-state index in [2.05, 4.69) is 24.3 Å². The van der Waals surface area contributed by atoms with Crippen molar-refractivity contribution in [2.75, 3.05) is 0 Å². The topological polar surface area (TPSA) is 46.2 Å². The lowest BCUT2D eigenvalue weighted by Crippen LogP contribution is -2.24. The Hall–Kier alpha value is -0.860. The summed E-state index contributed by atoms with van der Waals surface area (Å²) in [6.07, 6.45) is 3.98. The summed E-state index contributed by atoms with van der Waals surface area (Å²) in [5.74, 6) is 0. The van der Waals surface area contributed by atoms with Crippen LogP contribution >= 0.6 is 0 Å². The molecule has 1 aliphatic carbocycles. The maximum absolute atomic E-state index is 9.72. The van der Waals surface area contributed by atoms with Gasteiger partial charge in [-0.1, -0.05) is 24.3 Å². The van der Waals surface area contributed by atoms with E-state index in [1.807, 2.05) is 13.8 Å². The molecule has 0 spiro atoms. The number of hydrogen-bond acceptors (Lipinski definition) is 2. The first-order chi connectivity index (χ1) is 7.36. The van der Waals surface area contributed by atoms with Crippen LogP contribution in [0.3, 0.4) is 0 Å². The highest BCUT2D eigenvalue weighted by Gasteiger charge is 2.37. The predicted octanol–water partition coefficient (Wildman–Crippen LogP) is 2.03. The van der Waals surface area contributed by atoms with Crippen LogP contribution in [-0.4, -0.2) is 16.2 Å². The third-order valence-corrected chi connectivity index (χ3v) is 3.11. The fourth-order valence-electron chi connectivity index (χ4n) is 2.02. The minimum Gasteiger partial charge on any atom is -0.390 e. The van der Waals surface area contributed by atoms with Crippen LogP contribution < -0.4 is 5.73 Å². The van der Waals surface area contributed by atoms with E-state index in [1.54, 1.807) is 0 Å². The van der Waals surface area contributed by atoms with Crippen molar-refractivity contribution in [1.82, 2.24) is 0 Å². The van der Waals surface area contributed by atoms with E-state index < -0.39 is 5.60 Å². The predicted molar refractivity (Wildman–Crippen MR) is 66.3 cm³/mol. The van der Waals surface area contributed by atoms with E-state index in [4.69, 9.17) is 5.73 Å². The normalized spacial score (nSPS) is 18.5. The number of rotatable bonds is 4. The zero-order valence-electron chi connectivity index (χ0n) is 10.2. The Morgan fingerprint density at radius 1 is 1.19 bits per heavy atom. The van der Waals surface area contributed by atoms with Gasteiger partial charge in [-0.15, -0.1) is 0 Å². The molecule has 16 heavy (non-hydrogen) atoms. The largest absolute Gasteiger partial charge is 0.390 e. The smallest absolute Gasteiger partial charge is 0.0631 e. The highest BCUT2D eigenvalue weighted by molar-refractivity contribution is 5.26. The van der Waals surface area contributed by atoms with Crippen LogP contribution in [0.5, 0.6) is 0 Å². The molecule has 0 aliphatic heterocycles. The van der Waals surface area contributed by atoms with Crippen molar-refractivity contribution in [2.24, 2.45) is 5.73 Å². The standard InChI is InChI=1S/C14H21NO/c1-13(2,16)9-11-3-5-12(6-4-11)10-14(15)7-8-14/h3-6,16H,7-10,15H2,1-2H3. The number of nitrogens with two attached hydrogens (primary N) is 1. The Morgan fingerprint density at radius 3 is 2.12 bits per heavy atom. The van der Waals surface area contributed by atoms with Crippen molar-refractivity contribution in [3.05, 3.63) is 35.4 Å². The molecule has 2 rings (SSSR count). The zero-order chi connectivity index (χ0) is 11.8. The molecule has 1 saturated carbocycles. The maximum Gasteiger partial charge on any atom is 0.0631 e. The van der Waals surface area contributed by atoms with Gasteiger partial charge in [-0.3, -0.25) is 0 Å². The zero-order valence-corrected chi connectivity index (χ0v) is 10.2. The summed E-state index contributed by atoms with van der Waals surface area (Å²) in [6.45, 7) is 3.67. The Kier molecular flexibility index (Phi) is 2.81. The molecule has 0 saturated heterocycles. The van der Waals surface area contributed by atoms with E-state index in [9.17, 15) is 5.11 Å². The molecular formula is C14H21NO. The lowest BCUT2D eigenvalue weighted by Gasteiger charge is -2.17. The molecule has 1 aromatic rings. The van der Waals surface area contributed by atoms with Gasteiger partial charge in [-0.25, -0.2) is 0 Å². The van der Waals surface area contributed by atoms with E-state index in [0.717, 1.165) is 19.3 Å². The van der Waals surface area contributed by atoms with Gasteiger partial charge in [-0.2, -0.15) is 0 Å². The van der Waals surface area contributed by atoms with Crippen molar-refractivity contribution in [3.8, 4) is 0 Å². The highest BCUT2D eigenvalue weighted by atomic mass is 16.3. The monoisotopic (exact) mass is 219 g/mol.